The van der Waals surface area contributed by atoms with Gasteiger partial charge in [0.2, 0.25) is 5.91 Å². The topological polar surface area (TPSA) is 44.1 Å². The molecular weight excluding hydrogens is 260 g/mol. The third-order valence-electron chi connectivity index (χ3n) is 3.62. The molecule has 1 unspecified atom stereocenters. The molecule has 0 aliphatic heterocycles. The molecule has 0 aromatic heterocycles. The van der Waals surface area contributed by atoms with E-state index in [1.807, 2.05) is 38.1 Å². The van der Waals surface area contributed by atoms with Crippen LogP contribution in [0.1, 0.15) is 19.4 Å². The normalized spacial score (nSPS) is 11.9. The van der Waals surface area contributed by atoms with Crippen LogP contribution in [-0.4, -0.2) is 23.9 Å². The number of rotatable bonds is 5. The zero-order chi connectivity index (χ0) is 15.2. The number of likely N-dealkylation sites (N-methyl/N-ethyl adjacent to an activating group) is 1. The van der Waals surface area contributed by atoms with Crippen molar-refractivity contribution in [2.75, 3.05) is 13.1 Å². The Morgan fingerprint density at radius 1 is 1.24 bits per heavy atom. The van der Waals surface area contributed by atoms with Crippen LogP contribution in [0.2, 0.25) is 0 Å². The van der Waals surface area contributed by atoms with Gasteiger partial charge in [-0.25, -0.2) is 0 Å². The molecule has 2 rings (SSSR count). The molecule has 0 fully saturated rings. The van der Waals surface area contributed by atoms with Gasteiger partial charge < -0.3 is 4.90 Å². The second kappa shape index (κ2) is 6.90. The number of nitriles is 1. The maximum Gasteiger partial charge on any atom is 0.227 e. The van der Waals surface area contributed by atoms with Crippen LogP contribution in [0.15, 0.2) is 42.5 Å². The monoisotopic (exact) mass is 280 g/mol. The Labute approximate surface area is 125 Å². The smallest absolute Gasteiger partial charge is 0.227 e. The summed E-state index contributed by atoms with van der Waals surface area (Å²) in [4.78, 5) is 14.1. The third-order valence-corrected chi connectivity index (χ3v) is 3.62. The van der Waals surface area contributed by atoms with E-state index in [9.17, 15) is 4.79 Å². The first-order chi connectivity index (χ1) is 10.1. The Balaban J connectivity index is 2.11. The van der Waals surface area contributed by atoms with Gasteiger partial charge in [-0.2, -0.15) is 5.26 Å². The van der Waals surface area contributed by atoms with Crippen LogP contribution in [0, 0.1) is 17.2 Å². The summed E-state index contributed by atoms with van der Waals surface area (Å²) in [6.07, 6.45) is 0.386. The van der Waals surface area contributed by atoms with Gasteiger partial charge in [0, 0.05) is 13.1 Å². The van der Waals surface area contributed by atoms with Crippen LogP contribution < -0.4 is 0 Å². The molecule has 1 atom stereocenters. The fourth-order valence-corrected chi connectivity index (χ4v) is 2.41. The molecule has 0 radical (unpaired) electrons. The molecule has 0 heterocycles. The summed E-state index contributed by atoms with van der Waals surface area (Å²) in [5, 5.41) is 11.2. The van der Waals surface area contributed by atoms with Gasteiger partial charge in [-0.1, -0.05) is 42.5 Å². The summed E-state index contributed by atoms with van der Waals surface area (Å²) in [6, 6.07) is 16.4. The predicted octanol–water partition coefficient (Wildman–Crippen LogP) is 3.39. The van der Waals surface area contributed by atoms with E-state index in [1.165, 1.54) is 5.39 Å². The molecule has 108 valence electrons. The van der Waals surface area contributed by atoms with E-state index in [-0.39, 0.29) is 11.8 Å². The first-order valence-electron chi connectivity index (χ1n) is 7.29. The Hall–Kier alpha value is -2.34. The number of fused-ring (bicyclic) bond motifs is 1. The van der Waals surface area contributed by atoms with Crippen LogP contribution >= 0.6 is 0 Å². The largest absolute Gasteiger partial charge is 0.341 e. The van der Waals surface area contributed by atoms with Crippen molar-refractivity contribution >= 4 is 16.7 Å². The van der Waals surface area contributed by atoms with Crippen molar-refractivity contribution in [1.29, 1.82) is 5.26 Å². The first-order valence-corrected chi connectivity index (χ1v) is 7.29. The van der Waals surface area contributed by atoms with Gasteiger partial charge in [0.25, 0.3) is 0 Å². The molecule has 0 saturated heterocycles. The molecule has 2 aromatic rings. The second-order valence-corrected chi connectivity index (χ2v) is 5.32. The van der Waals surface area contributed by atoms with E-state index >= 15 is 0 Å². The molecule has 1 amide bonds. The van der Waals surface area contributed by atoms with Crippen LogP contribution in [0.25, 0.3) is 10.8 Å². The Kier molecular flexibility index (Phi) is 4.94. The SMILES string of the molecule is CCN(CC(C)C#N)C(=O)Cc1ccc2ccccc2c1. The van der Waals surface area contributed by atoms with E-state index in [4.69, 9.17) is 5.26 Å². The van der Waals surface area contributed by atoms with Gasteiger partial charge in [-0.3, -0.25) is 4.79 Å². The predicted molar refractivity (Wildman–Crippen MR) is 84.7 cm³/mol. The summed E-state index contributed by atoms with van der Waals surface area (Å²) < 4.78 is 0. The van der Waals surface area contributed by atoms with Gasteiger partial charge in [0.05, 0.1) is 18.4 Å². The summed E-state index contributed by atoms with van der Waals surface area (Å²) in [5.74, 6) is -0.0552. The number of carbonyl (C=O) groups is 1. The van der Waals surface area contributed by atoms with Crippen molar-refractivity contribution < 1.29 is 4.79 Å². The molecular formula is C18H20N2O. The average Bonchev–Trinajstić information content (AvgIpc) is 2.52. The van der Waals surface area contributed by atoms with Gasteiger partial charge in [0.1, 0.15) is 0 Å². The van der Waals surface area contributed by atoms with E-state index in [0.717, 1.165) is 10.9 Å². The summed E-state index contributed by atoms with van der Waals surface area (Å²) >= 11 is 0. The van der Waals surface area contributed by atoms with Gasteiger partial charge in [-0.15, -0.1) is 0 Å². The number of hydrogen-bond donors (Lipinski definition) is 0. The standard InChI is InChI=1S/C18H20N2O/c1-3-20(13-14(2)12-19)18(21)11-15-8-9-16-6-4-5-7-17(16)10-15/h4-10,14H,3,11,13H2,1-2H3. The highest BCUT2D eigenvalue weighted by molar-refractivity contribution is 5.85. The van der Waals surface area contributed by atoms with Crippen molar-refractivity contribution in [1.82, 2.24) is 4.90 Å². The molecule has 2 aromatic carbocycles. The fourth-order valence-electron chi connectivity index (χ4n) is 2.41. The lowest BCUT2D eigenvalue weighted by atomic mass is 10.0. The maximum absolute atomic E-state index is 12.3. The van der Waals surface area contributed by atoms with Gasteiger partial charge in [-0.05, 0) is 30.2 Å². The zero-order valence-corrected chi connectivity index (χ0v) is 12.5. The van der Waals surface area contributed by atoms with Crippen LogP contribution in [-0.2, 0) is 11.2 Å². The lowest BCUT2D eigenvalue weighted by Crippen LogP contribution is -2.35. The van der Waals surface area contributed by atoms with Crippen molar-refractivity contribution in [2.45, 2.75) is 20.3 Å². The molecule has 0 N–H and O–H groups in total. The maximum atomic E-state index is 12.3. The lowest BCUT2D eigenvalue weighted by Gasteiger charge is -2.22. The minimum atomic E-state index is -0.134. The van der Waals surface area contributed by atoms with Crippen molar-refractivity contribution in [3.8, 4) is 6.07 Å². The molecule has 0 bridgehead atoms. The van der Waals surface area contributed by atoms with Crippen molar-refractivity contribution in [3.05, 3.63) is 48.0 Å². The minimum Gasteiger partial charge on any atom is -0.341 e. The molecule has 3 heteroatoms. The molecule has 0 spiro atoms. The molecule has 0 saturated carbocycles. The lowest BCUT2D eigenvalue weighted by molar-refractivity contribution is -0.130. The Morgan fingerprint density at radius 3 is 2.62 bits per heavy atom. The average molecular weight is 280 g/mol. The van der Waals surface area contributed by atoms with Crippen LogP contribution in [0.3, 0.4) is 0 Å². The number of carbonyl (C=O) groups excluding carboxylic acids is 1. The van der Waals surface area contributed by atoms with Crippen molar-refractivity contribution in [3.63, 3.8) is 0 Å². The van der Waals surface area contributed by atoms with Gasteiger partial charge in [0.15, 0.2) is 0 Å². The molecule has 0 aliphatic carbocycles. The molecule has 3 nitrogen and oxygen atoms in total. The van der Waals surface area contributed by atoms with E-state index in [1.54, 1.807) is 4.90 Å². The Bertz CT molecular complexity index is 672. The fraction of sp³-hybridized carbons (Fsp3) is 0.333. The quantitative estimate of drug-likeness (QED) is 0.842. The van der Waals surface area contributed by atoms with E-state index in [2.05, 4.69) is 24.3 Å². The summed E-state index contributed by atoms with van der Waals surface area (Å²) in [5.41, 5.74) is 1.02. The zero-order valence-electron chi connectivity index (χ0n) is 12.5. The third kappa shape index (κ3) is 3.82. The van der Waals surface area contributed by atoms with E-state index in [0.29, 0.717) is 19.5 Å². The van der Waals surface area contributed by atoms with Crippen LogP contribution in [0.4, 0.5) is 0 Å². The van der Waals surface area contributed by atoms with Crippen molar-refractivity contribution in [2.24, 2.45) is 5.92 Å². The number of nitrogens with zero attached hydrogens (tertiary/aromatic N) is 2. The minimum absolute atomic E-state index is 0.0786. The molecule has 0 aliphatic rings. The molecule has 21 heavy (non-hydrogen) atoms. The Morgan fingerprint density at radius 2 is 1.95 bits per heavy atom. The number of amides is 1. The second-order valence-electron chi connectivity index (χ2n) is 5.32. The number of benzene rings is 2. The highest BCUT2D eigenvalue weighted by atomic mass is 16.2. The van der Waals surface area contributed by atoms with Crippen LogP contribution in [0.5, 0.6) is 0 Å². The van der Waals surface area contributed by atoms with E-state index < -0.39 is 0 Å². The summed E-state index contributed by atoms with van der Waals surface area (Å²) in [6.45, 7) is 4.92. The highest BCUT2D eigenvalue weighted by Gasteiger charge is 2.15. The first kappa shape index (κ1) is 15.1. The van der Waals surface area contributed by atoms with Gasteiger partial charge >= 0.3 is 0 Å². The summed E-state index contributed by atoms with van der Waals surface area (Å²) in [7, 11) is 0. The highest BCUT2D eigenvalue weighted by Crippen LogP contribution is 2.16. The number of hydrogen-bond acceptors (Lipinski definition) is 2.